The Balaban J connectivity index is 1.24. The molecule has 1 fully saturated rings. The molecule has 2 aromatic heterocycles. The summed E-state index contributed by atoms with van der Waals surface area (Å²) in [6, 6.07) is 12.2. The van der Waals surface area contributed by atoms with Crippen LogP contribution in [0.5, 0.6) is 5.75 Å². The van der Waals surface area contributed by atoms with Gasteiger partial charge in [0.1, 0.15) is 11.1 Å². The zero-order valence-corrected chi connectivity index (χ0v) is 23.0. The number of carbonyl (C=O) groups excluding carboxylic acids is 1. The van der Waals surface area contributed by atoms with Crippen LogP contribution in [0.2, 0.25) is 0 Å². The Labute approximate surface area is 236 Å². The van der Waals surface area contributed by atoms with Crippen LogP contribution in [0.25, 0.3) is 16.7 Å². The number of anilines is 3. The molecule has 208 valence electrons. The number of nitrogens with zero attached hydrogens (tertiary/aromatic N) is 6. The highest BCUT2D eigenvalue weighted by Crippen LogP contribution is 2.54. The van der Waals surface area contributed by atoms with Crippen molar-refractivity contribution in [3.63, 3.8) is 0 Å². The third-order valence-electron chi connectivity index (χ3n) is 9.04. The number of allylic oxidation sites excluding steroid dienone is 2. The lowest BCUT2D eigenvalue weighted by molar-refractivity contribution is -0.121. The molecule has 10 nitrogen and oxygen atoms in total. The lowest BCUT2D eigenvalue weighted by atomic mass is 9.90. The van der Waals surface area contributed by atoms with Crippen molar-refractivity contribution in [2.24, 2.45) is 0 Å². The molecule has 2 bridgehead atoms. The van der Waals surface area contributed by atoms with Gasteiger partial charge in [0.05, 0.1) is 17.9 Å². The van der Waals surface area contributed by atoms with Crippen molar-refractivity contribution in [2.75, 3.05) is 37.0 Å². The van der Waals surface area contributed by atoms with E-state index in [-0.39, 0.29) is 23.6 Å². The summed E-state index contributed by atoms with van der Waals surface area (Å²) >= 11 is 0. The minimum Gasteiger partial charge on any atom is -0.482 e. The fourth-order valence-corrected chi connectivity index (χ4v) is 6.65. The van der Waals surface area contributed by atoms with Gasteiger partial charge in [-0.1, -0.05) is 18.2 Å². The Bertz CT molecular complexity index is 1820. The number of rotatable bonds is 2. The summed E-state index contributed by atoms with van der Waals surface area (Å²) in [6.07, 6.45) is 10.7. The van der Waals surface area contributed by atoms with E-state index in [9.17, 15) is 9.59 Å². The van der Waals surface area contributed by atoms with Gasteiger partial charge in [0, 0.05) is 30.5 Å². The van der Waals surface area contributed by atoms with Gasteiger partial charge < -0.3 is 15.0 Å². The van der Waals surface area contributed by atoms with Crippen LogP contribution < -0.4 is 20.5 Å². The average Bonchev–Trinajstić information content (AvgIpc) is 3.73. The second-order valence-corrected chi connectivity index (χ2v) is 11.4. The van der Waals surface area contributed by atoms with E-state index in [0.717, 1.165) is 37.2 Å². The van der Waals surface area contributed by atoms with Crippen LogP contribution in [0, 0.1) is 0 Å². The topological polar surface area (TPSA) is 97.5 Å². The van der Waals surface area contributed by atoms with Crippen molar-refractivity contribution in [3.8, 4) is 11.4 Å². The number of hydrogen-bond acceptors (Lipinski definition) is 7. The fraction of sp³-hybridized carbons (Fsp3) is 0.355. The van der Waals surface area contributed by atoms with Crippen LogP contribution in [0.1, 0.15) is 36.8 Å². The molecule has 0 atom stereocenters. The highest BCUT2D eigenvalue weighted by atomic mass is 16.5. The SMILES string of the molecule is CN1CCc2ccc(Nc3ncc4c(=O)n5n(c4n3)-c3ccc4c(c3)N(CCCC=CC5)C(=O)CO4)cc2C12CC2. The molecule has 5 heterocycles. The first-order chi connectivity index (χ1) is 20.0. The normalized spacial score (nSPS) is 19.2. The zero-order valence-electron chi connectivity index (χ0n) is 23.0. The molecule has 8 rings (SSSR count). The van der Waals surface area contributed by atoms with Gasteiger partial charge >= 0.3 is 0 Å². The number of ether oxygens (including phenoxy) is 1. The molecule has 1 spiro atoms. The molecule has 0 radical (unpaired) electrons. The van der Waals surface area contributed by atoms with Crippen molar-refractivity contribution in [3.05, 3.63) is 76.2 Å². The van der Waals surface area contributed by atoms with Gasteiger partial charge in [0.2, 0.25) is 5.95 Å². The van der Waals surface area contributed by atoms with E-state index in [2.05, 4.69) is 46.5 Å². The van der Waals surface area contributed by atoms with E-state index < -0.39 is 0 Å². The zero-order chi connectivity index (χ0) is 27.7. The molecule has 3 aliphatic heterocycles. The minimum atomic E-state index is -0.164. The molecular formula is C31H31N7O3. The van der Waals surface area contributed by atoms with Crippen molar-refractivity contribution in [1.82, 2.24) is 24.2 Å². The maximum atomic E-state index is 13.6. The van der Waals surface area contributed by atoms with Crippen molar-refractivity contribution in [2.45, 2.75) is 44.2 Å². The second-order valence-electron chi connectivity index (χ2n) is 11.4. The van der Waals surface area contributed by atoms with Crippen LogP contribution >= 0.6 is 0 Å². The minimum absolute atomic E-state index is 0.0295. The number of amides is 1. The van der Waals surface area contributed by atoms with Gasteiger partial charge in [-0.2, -0.15) is 4.98 Å². The van der Waals surface area contributed by atoms with Crippen molar-refractivity contribution < 1.29 is 9.53 Å². The molecular weight excluding hydrogens is 518 g/mol. The summed E-state index contributed by atoms with van der Waals surface area (Å²) in [6.45, 7) is 2.12. The smallest absolute Gasteiger partial charge is 0.278 e. The summed E-state index contributed by atoms with van der Waals surface area (Å²) in [4.78, 5) is 40.0. The van der Waals surface area contributed by atoms with Gasteiger partial charge in [-0.25, -0.2) is 14.3 Å². The summed E-state index contributed by atoms with van der Waals surface area (Å²) in [5.74, 6) is 1.02. The number of likely N-dealkylation sites (N-methyl/N-ethyl adjacent to an activating group) is 1. The van der Waals surface area contributed by atoms with E-state index in [1.54, 1.807) is 15.8 Å². The van der Waals surface area contributed by atoms with Crippen molar-refractivity contribution >= 4 is 34.3 Å². The van der Waals surface area contributed by atoms with Crippen LogP contribution in [-0.4, -0.2) is 56.9 Å². The Morgan fingerprint density at radius 1 is 1.05 bits per heavy atom. The van der Waals surface area contributed by atoms with Crippen LogP contribution in [-0.2, 0) is 23.3 Å². The maximum Gasteiger partial charge on any atom is 0.278 e. The lowest BCUT2D eigenvalue weighted by Crippen LogP contribution is -2.39. The first-order valence-electron chi connectivity index (χ1n) is 14.3. The largest absolute Gasteiger partial charge is 0.482 e. The van der Waals surface area contributed by atoms with Crippen LogP contribution in [0.3, 0.4) is 0 Å². The molecule has 1 N–H and O–H groups in total. The quantitative estimate of drug-likeness (QED) is 0.379. The number of aromatic nitrogens is 4. The molecule has 1 aliphatic carbocycles. The molecule has 0 unspecified atom stereocenters. The first kappa shape index (κ1) is 24.4. The summed E-state index contributed by atoms with van der Waals surface area (Å²) in [5, 5.41) is 3.84. The number of benzene rings is 2. The Hall–Kier alpha value is -4.44. The Morgan fingerprint density at radius 2 is 1.95 bits per heavy atom. The van der Waals surface area contributed by atoms with E-state index in [1.807, 2.05) is 29.0 Å². The second kappa shape index (κ2) is 9.04. The Morgan fingerprint density at radius 3 is 2.83 bits per heavy atom. The third kappa shape index (κ3) is 3.81. The third-order valence-corrected chi connectivity index (χ3v) is 9.04. The maximum absolute atomic E-state index is 13.6. The molecule has 10 heteroatoms. The Kier molecular flexibility index (Phi) is 5.37. The number of nitrogens with one attached hydrogen (secondary N) is 1. The highest BCUT2D eigenvalue weighted by molar-refractivity contribution is 5.98. The first-order valence-corrected chi connectivity index (χ1v) is 14.3. The monoisotopic (exact) mass is 549 g/mol. The lowest BCUT2D eigenvalue weighted by Gasteiger charge is -2.35. The predicted octanol–water partition coefficient (Wildman–Crippen LogP) is 3.88. The number of hydrogen-bond donors (Lipinski definition) is 1. The number of fused-ring (bicyclic) bond motifs is 7. The van der Waals surface area contributed by atoms with Gasteiger partial charge in [0.15, 0.2) is 12.3 Å². The van der Waals surface area contributed by atoms with Crippen LogP contribution in [0.15, 0.2) is 59.5 Å². The van der Waals surface area contributed by atoms with Crippen LogP contribution in [0.4, 0.5) is 17.3 Å². The van der Waals surface area contributed by atoms with Gasteiger partial charge in [0.25, 0.3) is 11.5 Å². The summed E-state index contributed by atoms with van der Waals surface area (Å²) in [5.41, 5.74) is 5.68. The standard InChI is InChI=1S/C31H31N7O3/c1-35-15-10-20-6-7-21(16-24(20)31(35)11-12-31)33-30-32-18-23-28(34-30)38-22-8-9-26-25(17-22)36(27(39)19-41-26)13-4-2-3-5-14-37(38)29(23)40/h3,5-9,16-18H,2,4,10-15,19H2,1H3,(H,32,33,34). The molecule has 1 saturated carbocycles. The van der Waals surface area contributed by atoms with E-state index in [0.29, 0.717) is 41.5 Å². The molecule has 4 aromatic rings. The van der Waals surface area contributed by atoms with Gasteiger partial charge in [-0.05, 0) is 80.6 Å². The van der Waals surface area contributed by atoms with E-state index in [4.69, 9.17) is 9.72 Å². The van der Waals surface area contributed by atoms with E-state index in [1.165, 1.54) is 24.0 Å². The van der Waals surface area contributed by atoms with E-state index >= 15 is 0 Å². The van der Waals surface area contributed by atoms with Crippen molar-refractivity contribution in [1.29, 1.82) is 0 Å². The highest BCUT2D eigenvalue weighted by Gasteiger charge is 2.50. The van der Waals surface area contributed by atoms with Gasteiger partial charge in [-0.15, -0.1) is 0 Å². The molecule has 2 aromatic carbocycles. The average molecular weight is 550 g/mol. The van der Waals surface area contributed by atoms with Gasteiger partial charge in [-0.3, -0.25) is 14.5 Å². The number of carbonyl (C=O) groups is 1. The fourth-order valence-electron chi connectivity index (χ4n) is 6.65. The molecule has 4 aliphatic rings. The molecule has 1 amide bonds. The molecule has 41 heavy (non-hydrogen) atoms. The summed E-state index contributed by atoms with van der Waals surface area (Å²) < 4.78 is 9.23. The summed E-state index contributed by atoms with van der Waals surface area (Å²) in [7, 11) is 2.22. The predicted molar refractivity (Wildman–Crippen MR) is 156 cm³/mol. The molecule has 0 saturated heterocycles.